The molecular formula is C11H15N3O4. The predicted molar refractivity (Wildman–Crippen MR) is 63.3 cm³/mol. The zero-order valence-corrected chi connectivity index (χ0v) is 10.2. The standard InChI is InChI=1S/C11H15N3O4/c1-11(2,6-5-9(16)17)12-10(18)7-3-4-8(15)14-13-7/h3-4H,5-6H2,1-2H3,(H,12,18)(H,14,15)(H,16,17). The van der Waals surface area contributed by atoms with E-state index < -0.39 is 23.0 Å². The molecule has 0 fully saturated rings. The normalized spacial score (nSPS) is 11.0. The predicted octanol–water partition coefficient (Wildman–Crippen LogP) is 0.143. The number of amides is 1. The second-order valence-electron chi connectivity index (χ2n) is 4.54. The van der Waals surface area contributed by atoms with Gasteiger partial charge in [0.2, 0.25) is 0 Å². The van der Waals surface area contributed by atoms with Crippen LogP contribution in [-0.4, -0.2) is 32.7 Å². The Bertz CT molecular complexity index is 487. The summed E-state index contributed by atoms with van der Waals surface area (Å²) >= 11 is 0. The SMILES string of the molecule is CC(C)(CCC(=O)O)NC(=O)c1ccc(=O)[nH]n1. The Morgan fingerprint density at radius 1 is 1.44 bits per heavy atom. The van der Waals surface area contributed by atoms with Crippen LogP contribution >= 0.6 is 0 Å². The van der Waals surface area contributed by atoms with Gasteiger partial charge in [-0.1, -0.05) is 0 Å². The van der Waals surface area contributed by atoms with Crippen LogP contribution in [0.3, 0.4) is 0 Å². The van der Waals surface area contributed by atoms with Crippen LogP contribution in [0.15, 0.2) is 16.9 Å². The van der Waals surface area contributed by atoms with Crippen molar-refractivity contribution in [3.05, 3.63) is 28.2 Å². The molecule has 1 rings (SSSR count). The Hall–Kier alpha value is -2.18. The van der Waals surface area contributed by atoms with E-state index in [0.29, 0.717) is 6.42 Å². The summed E-state index contributed by atoms with van der Waals surface area (Å²) in [4.78, 5) is 33.0. The molecule has 0 saturated carbocycles. The van der Waals surface area contributed by atoms with E-state index in [1.54, 1.807) is 13.8 Å². The molecule has 0 spiro atoms. The zero-order chi connectivity index (χ0) is 13.8. The van der Waals surface area contributed by atoms with Gasteiger partial charge in [0.05, 0.1) is 0 Å². The van der Waals surface area contributed by atoms with E-state index in [1.165, 1.54) is 12.1 Å². The van der Waals surface area contributed by atoms with Crippen molar-refractivity contribution in [2.75, 3.05) is 0 Å². The van der Waals surface area contributed by atoms with Gasteiger partial charge in [-0.2, -0.15) is 5.10 Å². The van der Waals surface area contributed by atoms with E-state index >= 15 is 0 Å². The molecule has 1 amide bonds. The number of hydrogen-bond donors (Lipinski definition) is 3. The highest BCUT2D eigenvalue weighted by atomic mass is 16.4. The minimum absolute atomic E-state index is 0.0354. The molecule has 0 aliphatic carbocycles. The van der Waals surface area contributed by atoms with Crippen LogP contribution in [0, 0.1) is 0 Å². The van der Waals surface area contributed by atoms with Gasteiger partial charge in [-0.15, -0.1) is 0 Å². The van der Waals surface area contributed by atoms with E-state index in [0.717, 1.165) is 0 Å². The molecule has 0 saturated heterocycles. The first-order valence-corrected chi connectivity index (χ1v) is 5.40. The number of aliphatic carboxylic acids is 1. The van der Waals surface area contributed by atoms with Crippen LogP contribution in [0.5, 0.6) is 0 Å². The molecule has 0 aliphatic rings. The number of H-pyrrole nitrogens is 1. The number of aromatic amines is 1. The molecule has 1 heterocycles. The third-order valence-electron chi connectivity index (χ3n) is 2.33. The average molecular weight is 253 g/mol. The van der Waals surface area contributed by atoms with Crippen molar-refractivity contribution in [3.8, 4) is 0 Å². The van der Waals surface area contributed by atoms with Crippen LogP contribution in [0.4, 0.5) is 0 Å². The maximum Gasteiger partial charge on any atom is 0.303 e. The van der Waals surface area contributed by atoms with E-state index in [4.69, 9.17) is 5.11 Å². The van der Waals surface area contributed by atoms with Crippen LogP contribution < -0.4 is 10.9 Å². The Morgan fingerprint density at radius 3 is 2.61 bits per heavy atom. The number of carboxylic acids is 1. The average Bonchev–Trinajstić information content (AvgIpc) is 2.27. The fourth-order valence-corrected chi connectivity index (χ4v) is 1.32. The molecule has 0 atom stereocenters. The number of aromatic nitrogens is 2. The molecule has 1 aromatic rings. The van der Waals surface area contributed by atoms with Crippen molar-refractivity contribution in [1.29, 1.82) is 0 Å². The van der Waals surface area contributed by atoms with Gasteiger partial charge in [-0.25, -0.2) is 5.10 Å². The molecule has 0 aromatic carbocycles. The third-order valence-corrected chi connectivity index (χ3v) is 2.33. The van der Waals surface area contributed by atoms with Crippen LogP contribution in [0.1, 0.15) is 37.2 Å². The van der Waals surface area contributed by atoms with Crippen molar-refractivity contribution >= 4 is 11.9 Å². The van der Waals surface area contributed by atoms with Crippen molar-refractivity contribution in [2.24, 2.45) is 0 Å². The summed E-state index contributed by atoms with van der Waals surface area (Å²) in [5, 5.41) is 17.0. The van der Waals surface area contributed by atoms with E-state index in [9.17, 15) is 14.4 Å². The van der Waals surface area contributed by atoms with E-state index in [2.05, 4.69) is 15.5 Å². The molecular weight excluding hydrogens is 238 g/mol. The van der Waals surface area contributed by atoms with Gasteiger partial charge >= 0.3 is 5.97 Å². The highest BCUT2D eigenvalue weighted by Crippen LogP contribution is 2.11. The highest BCUT2D eigenvalue weighted by molar-refractivity contribution is 5.92. The largest absolute Gasteiger partial charge is 0.481 e. The number of hydrogen-bond acceptors (Lipinski definition) is 4. The lowest BCUT2D eigenvalue weighted by atomic mass is 9.98. The summed E-state index contributed by atoms with van der Waals surface area (Å²) in [5.41, 5.74) is -0.970. The van der Waals surface area contributed by atoms with Gasteiger partial charge in [0.1, 0.15) is 5.69 Å². The molecule has 98 valence electrons. The Balaban J connectivity index is 2.66. The van der Waals surface area contributed by atoms with Gasteiger partial charge < -0.3 is 10.4 Å². The first-order chi connectivity index (χ1) is 8.30. The molecule has 0 bridgehead atoms. The molecule has 0 aliphatic heterocycles. The summed E-state index contributed by atoms with van der Waals surface area (Å²) < 4.78 is 0. The second-order valence-corrected chi connectivity index (χ2v) is 4.54. The van der Waals surface area contributed by atoms with Crippen LogP contribution in [-0.2, 0) is 4.79 Å². The van der Waals surface area contributed by atoms with Gasteiger partial charge in [-0.05, 0) is 26.3 Å². The Kier molecular flexibility index (Phi) is 4.19. The Labute approximate surface area is 103 Å². The summed E-state index contributed by atoms with van der Waals surface area (Å²) in [6, 6.07) is 2.51. The topological polar surface area (TPSA) is 112 Å². The Morgan fingerprint density at radius 2 is 2.11 bits per heavy atom. The molecule has 7 nitrogen and oxygen atoms in total. The lowest BCUT2D eigenvalue weighted by Crippen LogP contribution is -2.44. The summed E-state index contributed by atoms with van der Waals surface area (Å²) in [7, 11) is 0. The lowest BCUT2D eigenvalue weighted by Gasteiger charge is -2.25. The maximum absolute atomic E-state index is 11.8. The van der Waals surface area contributed by atoms with Crippen LogP contribution in [0.25, 0.3) is 0 Å². The number of nitrogens with zero attached hydrogens (tertiary/aromatic N) is 1. The number of carbonyl (C=O) groups excluding carboxylic acids is 1. The number of carbonyl (C=O) groups is 2. The van der Waals surface area contributed by atoms with Crippen molar-refractivity contribution in [3.63, 3.8) is 0 Å². The summed E-state index contributed by atoms with van der Waals surface area (Å²) in [6.07, 6.45) is 0.268. The minimum Gasteiger partial charge on any atom is -0.481 e. The minimum atomic E-state index is -0.917. The number of carboxylic acid groups (broad SMARTS) is 1. The quantitative estimate of drug-likeness (QED) is 0.691. The van der Waals surface area contributed by atoms with Gasteiger partial charge in [0.25, 0.3) is 11.5 Å². The second kappa shape index (κ2) is 5.44. The fraction of sp³-hybridized carbons (Fsp3) is 0.455. The molecule has 0 unspecified atom stereocenters. The van der Waals surface area contributed by atoms with E-state index in [1.807, 2.05) is 0 Å². The third kappa shape index (κ3) is 4.36. The smallest absolute Gasteiger partial charge is 0.303 e. The molecule has 1 aromatic heterocycles. The van der Waals surface area contributed by atoms with Crippen LogP contribution in [0.2, 0.25) is 0 Å². The summed E-state index contributed by atoms with van der Waals surface area (Å²) in [5.74, 6) is -1.37. The van der Waals surface area contributed by atoms with Gasteiger partial charge in [0.15, 0.2) is 0 Å². The molecule has 0 radical (unpaired) electrons. The first kappa shape index (κ1) is 13.9. The monoisotopic (exact) mass is 253 g/mol. The van der Waals surface area contributed by atoms with Crippen molar-refractivity contribution in [1.82, 2.24) is 15.5 Å². The maximum atomic E-state index is 11.8. The molecule has 3 N–H and O–H groups in total. The lowest BCUT2D eigenvalue weighted by molar-refractivity contribution is -0.137. The van der Waals surface area contributed by atoms with Gasteiger partial charge in [0, 0.05) is 18.0 Å². The number of nitrogens with one attached hydrogen (secondary N) is 2. The first-order valence-electron chi connectivity index (χ1n) is 5.40. The molecule has 7 heteroatoms. The molecule has 18 heavy (non-hydrogen) atoms. The van der Waals surface area contributed by atoms with Crippen molar-refractivity contribution in [2.45, 2.75) is 32.2 Å². The zero-order valence-electron chi connectivity index (χ0n) is 10.2. The number of rotatable bonds is 5. The highest BCUT2D eigenvalue weighted by Gasteiger charge is 2.22. The van der Waals surface area contributed by atoms with E-state index in [-0.39, 0.29) is 12.1 Å². The summed E-state index contributed by atoms with van der Waals surface area (Å²) in [6.45, 7) is 3.44. The van der Waals surface area contributed by atoms with Gasteiger partial charge in [-0.3, -0.25) is 14.4 Å². The van der Waals surface area contributed by atoms with Crippen molar-refractivity contribution < 1.29 is 14.7 Å². The fourth-order valence-electron chi connectivity index (χ4n) is 1.32.